The molecule has 2 aromatic rings. The number of methoxy groups -OCH3 is 1. The summed E-state index contributed by atoms with van der Waals surface area (Å²) in [6.45, 7) is 0.460. The van der Waals surface area contributed by atoms with E-state index >= 15 is 0 Å². The van der Waals surface area contributed by atoms with E-state index in [-0.39, 0.29) is 0 Å². The van der Waals surface area contributed by atoms with Gasteiger partial charge < -0.3 is 4.74 Å². The number of rotatable bonds is 3. The van der Waals surface area contributed by atoms with Crippen LogP contribution in [0.25, 0.3) is 11.5 Å². The van der Waals surface area contributed by atoms with Crippen LogP contribution in [-0.4, -0.2) is 31.7 Å². The van der Waals surface area contributed by atoms with Gasteiger partial charge in [-0.25, -0.2) is 4.98 Å². The average molecular weight is 207 g/mol. The summed E-state index contributed by atoms with van der Waals surface area (Å²) < 4.78 is 8.48. The second-order valence-electron chi connectivity index (χ2n) is 3.25. The summed E-state index contributed by atoms with van der Waals surface area (Å²) in [6, 6.07) is 1.88. The lowest BCUT2D eigenvalue weighted by atomic mass is 10.4. The molecule has 0 aromatic carbocycles. The number of hydrogen-bond acceptors (Lipinski definition) is 4. The second-order valence-corrected chi connectivity index (χ2v) is 3.25. The quantitative estimate of drug-likeness (QED) is 0.729. The van der Waals surface area contributed by atoms with Crippen molar-refractivity contribution < 1.29 is 4.74 Å². The fourth-order valence-corrected chi connectivity index (χ4v) is 1.37. The Morgan fingerprint density at radius 1 is 1.33 bits per heavy atom. The molecule has 0 unspecified atom stereocenters. The molecule has 0 bridgehead atoms. The third-order valence-electron chi connectivity index (χ3n) is 2.18. The van der Waals surface area contributed by atoms with Gasteiger partial charge in [-0.2, -0.15) is 5.10 Å². The molecule has 0 atom stereocenters. The van der Waals surface area contributed by atoms with Crippen molar-refractivity contribution in [2.24, 2.45) is 14.1 Å². The number of aryl methyl sites for hydroxylation is 2. The van der Waals surface area contributed by atoms with E-state index in [2.05, 4.69) is 15.2 Å². The SMILES string of the molecule is COCc1nc(-c2ccnn2C)nn1C. The highest BCUT2D eigenvalue weighted by molar-refractivity contribution is 5.48. The topological polar surface area (TPSA) is 57.8 Å². The Morgan fingerprint density at radius 2 is 2.13 bits per heavy atom. The lowest BCUT2D eigenvalue weighted by molar-refractivity contribution is 0.174. The molecule has 0 spiro atoms. The highest BCUT2D eigenvalue weighted by Crippen LogP contribution is 2.13. The molecule has 15 heavy (non-hydrogen) atoms. The van der Waals surface area contributed by atoms with Crippen LogP contribution in [0.3, 0.4) is 0 Å². The van der Waals surface area contributed by atoms with Gasteiger partial charge in [0.15, 0.2) is 11.6 Å². The van der Waals surface area contributed by atoms with Gasteiger partial charge in [0.05, 0.1) is 0 Å². The van der Waals surface area contributed by atoms with E-state index in [0.29, 0.717) is 12.4 Å². The molecule has 2 heterocycles. The number of nitrogens with zero attached hydrogens (tertiary/aromatic N) is 5. The lowest BCUT2D eigenvalue weighted by Crippen LogP contribution is -2.00. The average Bonchev–Trinajstić information content (AvgIpc) is 2.75. The van der Waals surface area contributed by atoms with Crippen LogP contribution in [0.4, 0.5) is 0 Å². The molecule has 2 aromatic heterocycles. The van der Waals surface area contributed by atoms with Gasteiger partial charge in [0.1, 0.15) is 12.3 Å². The monoisotopic (exact) mass is 207 g/mol. The van der Waals surface area contributed by atoms with Gasteiger partial charge in [0.25, 0.3) is 0 Å². The Labute approximate surface area is 87.5 Å². The van der Waals surface area contributed by atoms with Gasteiger partial charge in [-0.05, 0) is 6.07 Å². The van der Waals surface area contributed by atoms with E-state index in [0.717, 1.165) is 11.5 Å². The molecule has 0 N–H and O–H groups in total. The van der Waals surface area contributed by atoms with Crippen LogP contribution in [0, 0.1) is 0 Å². The summed E-state index contributed by atoms with van der Waals surface area (Å²) in [5, 5.41) is 8.37. The van der Waals surface area contributed by atoms with E-state index in [4.69, 9.17) is 4.74 Å². The van der Waals surface area contributed by atoms with E-state index in [9.17, 15) is 0 Å². The van der Waals surface area contributed by atoms with Gasteiger partial charge >= 0.3 is 0 Å². The highest BCUT2D eigenvalue weighted by atomic mass is 16.5. The van der Waals surface area contributed by atoms with E-state index in [1.807, 2.05) is 20.2 Å². The molecule has 80 valence electrons. The van der Waals surface area contributed by atoms with Gasteiger partial charge in [-0.15, -0.1) is 5.10 Å². The second kappa shape index (κ2) is 3.82. The first-order chi connectivity index (χ1) is 7.22. The maximum atomic E-state index is 5.02. The van der Waals surface area contributed by atoms with Crippen LogP contribution in [0.2, 0.25) is 0 Å². The van der Waals surface area contributed by atoms with Crippen LogP contribution in [0.15, 0.2) is 12.3 Å². The maximum absolute atomic E-state index is 5.02. The standard InChI is InChI=1S/C9H13N5O/c1-13-7(4-5-10-13)9-11-8(6-15-3)14(2)12-9/h4-5H,6H2,1-3H3. The first kappa shape index (κ1) is 9.85. The molecule has 0 fully saturated rings. The third kappa shape index (κ3) is 1.75. The predicted molar refractivity (Wildman–Crippen MR) is 53.9 cm³/mol. The fourth-order valence-electron chi connectivity index (χ4n) is 1.37. The first-order valence-corrected chi connectivity index (χ1v) is 4.59. The highest BCUT2D eigenvalue weighted by Gasteiger charge is 2.11. The molecule has 6 nitrogen and oxygen atoms in total. The lowest BCUT2D eigenvalue weighted by Gasteiger charge is -1.94. The Bertz CT molecular complexity index is 459. The normalized spacial score (nSPS) is 10.9. The van der Waals surface area contributed by atoms with E-state index < -0.39 is 0 Å². The molecule has 2 rings (SSSR count). The predicted octanol–water partition coefficient (Wildman–Crippen LogP) is 0.362. The minimum Gasteiger partial charge on any atom is -0.377 e. The van der Waals surface area contributed by atoms with Crippen molar-refractivity contribution in [1.82, 2.24) is 24.5 Å². The van der Waals surface area contributed by atoms with Crippen molar-refractivity contribution in [3.63, 3.8) is 0 Å². The van der Waals surface area contributed by atoms with Gasteiger partial charge in [-0.3, -0.25) is 9.36 Å². The molecule has 0 saturated heterocycles. The van der Waals surface area contributed by atoms with Crippen molar-refractivity contribution >= 4 is 0 Å². The molecule has 0 radical (unpaired) electrons. The first-order valence-electron chi connectivity index (χ1n) is 4.59. The van der Waals surface area contributed by atoms with Crippen molar-refractivity contribution in [1.29, 1.82) is 0 Å². The number of aromatic nitrogens is 5. The van der Waals surface area contributed by atoms with Crippen LogP contribution in [0.5, 0.6) is 0 Å². The van der Waals surface area contributed by atoms with E-state index in [1.165, 1.54) is 0 Å². The molecule has 0 amide bonds. The van der Waals surface area contributed by atoms with Crippen molar-refractivity contribution in [2.75, 3.05) is 7.11 Å². The summed E-state index contributed by atoms with van der Waals surface area (Å²) in [6.07, 6.45) is 1.72. The summed E-state index contributed by atoms with van der Waals surface area (Å²) in [5.41, 5.74) is 0.896. The Kier molecular flexibility index (Phi) is 2.51. The minimum atomic E-state index is 0.460. The van der Waals surface area contributed by atoms with Gasteiger partial charge in [-0.1, -0.05) is 0 Å². The van der Waals surface area contributed by atoms with Crippen LogP contribution < -0.4 is 0 Å². The molecule has 6 heteroatoms. The van der Waals surface area contributed by atoms with Crippen molar-refractivity contribution in [3.8, 4) is 11.5 Å². The Morgan fingerprint density at radius 3 is 2.73 bits per heavy atom. The Hall–Kier alpha value is -1.69. The molecule has 0 saturated carbocycles. The largest absolute Gasteiger partial charge is 0.377 e. The smallest absolute Gasteiger partial charge is 0.199 e. The third-order valence-corrected chi connectivity index (χ3v) is 2.18. The zero-order valence-corrected chi connectivity index (χ0v) is 9.01. The fraction of sp³-hybridized carbons (Fsp3) is 0.444. The summed E-state index contributed by atoms with van der Waals surface area (Å²) in [7, 11) is 5.35. The maximum Gasteiger partial charge on any atom is 0.199 e. The minimum absolute atomic E-state index is 0.460. The Balaban J connectivity index is 2.38. The van der Waals surface area contributed by atoms with Crippen LogP contribution in [0.1, 0.15) is 5.82 Å². The molecule has 0 aliphatic heterocycles. The zero-order chi connectivity index (χ0) is 10.8. The van der Waals surface area contributed by atoms with Crippen molar-refractivity contribution in [3.05, 3.63) is 18.1 Å². The van der Waals surface area contributed by atoms with Gasteiger partial charge in [0, 0.05) is 27.4 Å². The number of ether oxygens (including phenoxy) is 1. The van der Waals surface area contributed by atoms with E-state index in [1.54, 1.807) is 22.7 Å². The molecule has 0 aliphatic carbocycles. The summed E-state index contributed by atoms with van der Waals surface area (Å²) in [5.74, 6) is 1.47. The van der Waals surface area contributed by atoms with Gasteiger partial charge in [0.2, 0.25) is 0 Å². The molecular formula is C9H13N5O. The summed E-state index contributed by atoms with van der Waals surface area (Å²) >= 11 is 0. The zero-order valence-electron chi connectivity index (χ0n) is 9.01. The summed E-state index contributed by atoms with van der Waals surface area (Å²) in [4.78, 5) is 4.37. The number of hydrogen-bond donors (Lipinski definition) is 0. The molecular weight excluding hydrogens is 194 g/mol. The van der Waals surface area contributed by atoms with Crippen molar-refractivity contribution in [2.45, 2.75) is 6.61 Å². The van der Waals surface area contributed by atoms with Crippen LogP contribution in [-0.2, 0) is 25.4 Å². The van der Waals surface area contributed by atoms with Crippen LogP contribution >= 0.6 is 0 Å². The molecule has 0 aliphatic rings.